The lowest BCUT2D eigenvalue weighted by Crippen LogP contribution is -2.32. The van der Waals surface area contributed by atoms with Gasteiger partial charge in [-0.05, 0) is 38.3 Å². The van der Waals surface area contributed by atoms with Crippen molar-refractivity contribution in [2.24, 2.45) is 5.73 Å². The molecule has 1 aromatic heterocycles. The van der Waals surface area contributed by atoms with Crippen molar-refractivity contribution in [1.82, 2.24) is 9.47 Å². The zero-order valence-corrected chi connectivity index (χ0v) is 14.4. The van der Waals surface area contributed by atoms with E-state index in [4.69, 9.17) is 5.73 Å². The van der Waals surface area contributed by atoms with E-state index < -0.39 is 0 Å². The van der Waals surface area contributed by atoms with Gasteiger partial charge in [-0.2, -0.15) is 0 Å². The number of nitrogens with zero attached hydrogens (tertiary/aromatic N) is 2. The molecule has 0 spiro atoms. The van der Waals surface area contributed by atoms with E-state index in [0.717, 1.165) is 11.3 Å². The van der Waals surface area contributed by atoms with E-state index in [-0.39, 0.29) is 17.9 Å². The molecular weight excluding hydrogens is 298 g/mol. The molecule has 2 heterocycles. The molecule has 1 aliphatic heterocycles. The summed E-state index contributed by atoms with van der Waals surface area (Å²) in [6.45, 7) is 5.51. The molecule has 4 rings (SSSR count). The standard InChI is InChI=1S/C20H25N3O/c1-13-10-17(14(2)23(13)16-8-9-16)20(24)22-11-18(19(21)12-22)15-6-4-3-5-7-15/h3-7,10,16,18-19H,8-9,11-12,21H2,1-2H3/t18-,19+/m0/s1. The van der Waals surface area contributed by atoms with Crippen molar-refractivity contribution in [2.75, 3.05) is 13.1 Å². The van der Waals surface area contributed by atoms with Crippen molar-refractivity contribution in [3.05, 3.63) is 58.9 Å². The van der Waals surface area contributed by atoms with Crippen molar-refractivity contribution in [3.8, 4) is 0 Å². The lowest BCUT2D eigenvalue weighted by atomic mass is 9.95. The van der Waals surface area contributed by atoms with E-state index in [9.17, 15) is 4.79 Å². The molecular formula is C20H25N3O. The monoisotopic (exact) mass is 323 g/mol. The number of rotatable bonds is 3. The fourth-order valence-corrected chi connectivity index (χ4v) is 4.11. The number of hydrogen-bond acceptors (Lipinski definition) is 2. The summed E-state index contributed by atoms with van der Waals surface area (Å²) in [5.74, 6) is 0.353. The first kappa shape index (κ1) is 15.5. The Bertz CT molecular complexity index is 761. The molecule has 2 aliphatic rings. The van der Waals surface area contributed by atoms with Crippen LogP contribution in [0.2, 0.25) is 0 Å². The fourth-order valence-electron chi connectivity index (χ4n) is 4.11. The van der Waals surface area contributed by atoms with Crippen LogP contribution in [0.3, 0.4) is 0 Å². The number of hydrogen-bond donors (Lipinski definition) is 1. The van der Waals surface area contributed by atoms with Crippen LogP contribution in [0.25, 0.3) is 0 Å². The summed E-state index contributed by atoms with van der Waals surface area (Å²) in [6.07, 6.45) is 2.46. The molecule has 1 saturated carbocycles. The highest BCUT2D eigenvalue weighted by Crippen LogP contribution is 2.39. The van der Waals surface area contributed by atoms with Gasteiger partial charge in [0.2, 0.25) is 0 Å². The molecule has 0 radical (unpaired) electrons. The molecule has 1 saturated heterocycles. The zero-order valence-electron chi connectivity index (χ0n) is 14.4. The molecule has 1 aromatic carbocycles. The molecule has 2 N–H and O–H groups in total. The molecule has 0 unspecified atom stereocenters. The molecule has 2 fully saturated rings. The van der Waals surface area contributed by atoms with Crippen LogP contribution in [0, 0.1) is 13.8 Å². The lowest BCUT2D eigenvalue weighted by molar-refractivity contribution is 0.0788. The van der Waals surface area contributed by atoms with E-state index in [1.165, 1.54) is 24.1 Å². The Balaban J connectivity index is 1.57. The van der Waals surface area contributed by atoms with Crippen LogP contribution < -0.4 is 5.73 Å². The maximum atomic E-state index is 13.1. The molecule has 1 aliphatic carbocycles. The summed E-state index contributed by atoms with van der Waals surface area (Å²) in [6, 6.07) is 13.0. The van der Waals surface area contributed by atoms with Crippen molar-refractivity contribution in [1.29, 1.82) is 0 Å². The number of aromatic nitrogens is 1. The Hall–Kier alpha value is -2.07. The van der Waals surface area contributed by atoms with Gasteiger partial charge in [0, 0.05) is 42.5 Å². The number of amides is 1. The number of carbonyl (C=O) groups is 1. The summed E-state index contributed by atoms with van der Waals surface area (Å²) in [7, 11) is 0. The number of aryl methyl sites for hydroxylation is 1. The molecule has 1 amide bonds. The summed E-state index contributed by atoms with van der Waals surface area (Å²) in [4.78, 5) is 15.0. The predicted octanol–water partition coefficient (Wildman–Crippen LogP) is 3.01. The Kier molecular flexibility index (Phi) is 3.72. The second-order valence-corrected chi connectivity index (χ2v) is 7.28. The highest BCUT2D eigenvalue weighted by atomic mass is 16.2. The maximum absolute atomic E-state index is 13.1. The van der Waals surface area contributed by atoms with Gasteiger partial charge >= 0.3 is 0 Å². The average Bonchev–Trinajstić information content (AvgIpc) is 3.26. The molecule has 0 bridgehead atoms. The normalized spacial score (nSPS) is 23.7. The number of benzene rings is 1. The highest BCUT2D eigenvalue weighted by molar-refractivity contribution is 5.96. The third kappa shape index (κ3) is 2.55. The topological polar surface area (TPSA) is 51.3 Å². The Morgan fingerprint density at radius 2 is 1.83 bits per heavy atom. The minimum Gasteiger partial charge on any atom is -0.345 e. The first-order valence-electron chi connectivity index (χ1n) is 8.84. The van der Waals surface area contributed by atoms with Crippen LogP contribution >= 0.6 is 0 Å². The summed E-state index contributed by atoms with van der Waals surface area (Å²) >= 11 is 0. The molecule has 2 atom stereocenters. The van der Waals surface area contributed by atoms with Crippen molar-refractivity contribution in [3.63, 3.8) is 0 Å². The zero-order chi connectivity index (χ0) is 16.8. The number of likely N-dealkylation sites (tertiary alicyclic amines) is 1. The molecule has 4 heteroatoms. The van der Waals surface area contributed by atoms with Gasteiger partial charge in [-0.1, -0.05) is 30.3 Å². The summed E-state index contributed by atoms with van der Waals surface area (Å²) < 4.78 is 2.33. The second-order valence-electron chi connectivity index (χ2n) is 7.28. The fraction of sp³-hybridized carbons (Fsp3) is 0.450. The quantitative estimate of drug-likeness (QED) is 0.944. The minimum absolute atomic E-state index is 0.00303. The van der Waals surface area contributed by atoms with Crippen LogP contribution in [-0.2, 0) is 0 Å². The van der Waals surface area contributed by atoms with E-state index in [2.05, 4.69) is 36.6 Å². The van der Waals surface area contributed by atoms with E-state index in [0.29, 0.717) is 19.1 Å². The Labute approximate surface area is 143 Å². The van der Waals surface area contributed by atoms with Crippen LogP contribution in [0.1, 0.15) is 52.1 Å². The molecule has 126 valence electrons. The van der Waals surface area contributed by atoms with Crippen LogP contribution in [-0.4, -0.2) is 34.5 Å². The third-order valence-electron chi connectivity index (χ3n) is 5.51. The van der Waals surface area contributed by atoms with Gasteiger partial charge in [0.15, 0.2) is 0 Å². The van der Waals surface area contributed by atoms with Gasteiger partial charge < -0.3 is 15.2 Å². The first-order chi connectivity index (χ1) is 11.6. The van der Waals surface area contributed by atoms with E-state index in [1.54, 1.807) is 0 Å². The van der Waals surface area contributed by atoms with Gasteiger partial charge in [0.05, 0.1) is 5.56 Å². The highest BCUT2D eigenvalue weighted by Gasteiger charge is 2.36. The number of carbonyl (C=O) groups excluding carboxylic acids is 1. The molecule has 2 aromatic rings. The van der Waals surface area contributed by atoms with E-state index in [1.807, 2.05) is 23.1 Å². The van der Waals surface area contributed by atoms with Crippen molar-refractivity contribution < 1.29 is 4.79 Å². The van der Waals surface area contributed by atoms with Gasteiger partial charge in [0.25, 0.3) is 5.91 Å². The Morgan fingerprint density at radius 1 is 1.12 bits per heavy atom. The number of nitrogens with two attached hydrogens (primary N) is 1. The van der Waals surface area contributed by atoms with Crippen LogP contribution in [0.4, 0.5) is 0 Å². The average molecular weight is 323 g/mol. The van der Waals surface area contributed by atoms with Gasteiger partial charge in [-0.15, -0.1) is 0 Å². The largest absolute Gasteiger partial charge is 0.345 e. The van der Waals surface area contributed by atoms with Crippen LogP contribution in [0.15, 0.2) is 36.4 Å². The lowest BCUT2D eigenvalue weighted by Gasteiger charge is -2.17. The Morgan fingerprint density at radius 3 is 2.50 bits per heavy atom. The maximum Gasteiger partial charge on any atom is 0.255 e. The van der Waals surface area contributed by atoms with Gasteiger partial charge in [-0.25, -0.2) is 0 Å². The summed E-state index contributed by atoms with van der Waals surface area (Å²) in [5.41, 5.74) is 10.7. The predicted molar refractivity (Wildman–Crippen MR) is 95.2 cm³/mol. The van der Waals surface area contributed by atoms with Crippen molar-refractivity contribution in [2.45, 2.75) is 44.7 Å². The first-order valence-corrected chi connectivity index (χ1v) is 8.84. The van der Waals surface area contributed by atoms with Crippen molar-refractivity contribution >= 4 is 5.91 Å². The second kappa shape index (κ2) is 5.78. The molecule has 4 nitrogen and oxygen atoms in total. The molecule has 24 heavy (non-hydrogen) atoms. The minimum atomic E-state index is 0.00303. The SMILES string of the molecule is Cc1cc(C(=O)N2C[C@@H](N)[C@H](c3ccccc3)C2)c(C)n1C1CC1. The van der Waals surface area contributed by atoms with Gasteiger partial charge in [0.1, 0.15) is 0 Å². The summed E-state index contributed by atoms with van der Waals surface area (Å²) in [5, 5.41) is 0. The smallest absolute Gasteiger partial charge is 0.255 e. The van der Waals surface area contributed by atoms with Crippen LogP contribution in [0.5, 0.6) is 0 Å². The third-order valence-corrected chi connectivity index (χ3v) is 5.51. The van der Waals surface area contributed by atoms with E-state index >= 15 is 0 Å². The van der Waals surface area contributed by atoms with Gasteiger partial charge in [-0.3, -0.25) is 4.79 Å².